The third-order valence-electron chi connectivity index (χ3n) is 3.75. The lowest BCUT2D eigenvalue weighted by Gasteiger charge is -2.07. The highest BCUT2D eigenvalue weighted by atomic mass is 16.3. The first kappa shape index (κ1) is 14.4. The molecule has 0 amide bonds. The van der Waals surface area contributed by atoms with Gasteiger partial charge in [0.25, 0.3) is 0 Å². The van der Waals surface area contributed by atoms with Crippen molar-refractivity contribution in [2.24, 2.45) is 4.99 Å². The fourth-order valence-corrected chi connectivity index (χ4v) is 2.63. The summed E-state index contributed by atoms with van der Waals surface area (Å²) in [6.45, 7) is 2.92. The molecule has 0 atom stereocenters. The van der Waals surface area contributed by atoms with Crippen molar-refractivity contribution < 1.29 is 5.11 Å². The van der Waals surface area contributed by atoms with E-state index in [9.17, 15) is 5.11 Å². The quantitative estimate of drug-likeness (QED) is 0.527. The minimum atomic E-state index is 0.181. The fourth-order valence-electron chi connectivity index (χ4n) is 2.63. The van der Waals surface area contributed by atoms with Gasteiger partial charge in [0.2, 0.25) is 0 Å². The number of rotatable bonds is 5. The predicted molar refractivity (Wildman–Crippen MR) is 91.8 cm³/mol. The molecule has 0 unspecified atom stereocenters. The zero-order valence-corrected chi connectivity index (χ0v) is 12.7. The largest absolute Gasteiger partial charge is 0.494 e. The second kappa shape index (κ2) is 6.48. The van der Waals surface area contributed by atoms with Gasteiger partial charge in [-0.25, -0.2) is 0 Å². The molecule has 0 bridgehead atoms. The van der Waals surface area contributed by atoms with E-state index in [1.165, 1.54) is 0 Å². The van der Waals surface area contributed by atoms with Crippen LogP contribution in [0.5, 0.6) is 5.88 Å². The minimum absolute atomic E-state index is 0.181. The summed E-state index contributed by atoms with van der Waals surface area (Å²) < 4.78 is 0. The van der Waals surface area contributed by atoms with E-state index in [0.717, 1.165) is 47.1 Å². The van der Waals surface area contributed by atoms with Crippen LogP contribution in [0, 0.1) is 0 Å². The number of para-hydroxylation sites is 1. The van der Waals surface area contributed by atoms with E-state index >= 15 is 0 Å². The SMILES string of the molecule is CCCCN=C(c1ccccc1)c1c(O)[nH]c2ccccc12. The van der Waals surface area contributed by atoms with Crippen molar-refractivity contribution in [2.75, 3.05) is 6.54 Å². The third-order valence-corrected chi connectivity index (χ3v) is 3.75. The van der Waals surface area contributed by atoms with E-state index in [0.29, 0.717) is 0 Å². The Morgan fingerprint density at radius 1 is 1.05 bits per heavy atom. The number of aliphatic imine (C=N–C) groups is 1. The van der Waals surface area contributed by atoms with E-state index in [-0.39, 0.29) is 5.88 Å². The Balaban J connectivity index is 2.16. The van der Waals surface area contributed by atoms with Crippen LogP contribution in [0.15, 0.2) is 59.6 Å². The van der Waals surface area contributed by atoms with Crippen molar-refractivity contribution in [1.82, 2.24) is 4.98 Å². The van der Waals surface area contributed by atoms with Crippen molar-refractivity contribution in [3.8, 4) is 5.88 Å². The fraction of sp³-hybridized carbons (Fsp3) is 0.211. The van der Waals surface area contributed by atoms with Crippen LogP contribution in [0.4, 0.5) is 0 Å². The van der Waals surface area contributed by atoms with Gasteiger partial charge in [-0.1, -0.05) is 61.9 Å². The molecule has 2 aromatic carbocycles. The van der Waals surface area contributed by atoms with E-state index in [4.69, 9.17) is 4.99 Å². The number of aromatic hydroxyl groups is 1. The molecule has 0 fully saturated rings. The first-order valence-electron chi connectivity index (χ1n) is 7.71. The molecule has 0 saturated heterocycles. The average molecular weight is 292 g/mol. The van der Waals surface area contributed by atoms with Gasteiger partial charge in [-0.15, -0.1) is 0 Å². The Bertz CT molecular complexity index is 788. The van der Waals surface area contributed by atoms with Crippen molar-refractivity contribution >= 4 is 16.6 Å². The summed E-state index contributed by atoms with van der Waals surface area (Å²) in [6.07, 6.45) is 2.14. The molecule has 22 heavy (non-hydrogen) atoms. The second-order valence-corrected chi connectivity index (χ2v) is 5.34. The normalized spacial score (nSPS) is 12.0. The molecule has 0 radical (unpaired) electrons. The van der Waals surface area contributed by atoms with Crippen molar-refractivity contribution in [3.63, 3.8) is 0 Å². The minimum Gasteiger partial charge on any atom is -0.494 e. The molecule has 3 heteroatoms. The van der Waals surface area contributed by atoms with Gasteiger partial charge in [-0.3, -0.25) is 4.99 Å². The number of H-pyrrole nitrogens is 1. The van der Waals surface area contributed by atoms with Gasteiger partial charge in [0.1, 0.15) is 0 Å². The van der Waals surface area contributed by atoms with Crippen molar-refractivity contribution in [3.05, 3.63) is 65.7 Å². The van der Waals surface area contributed by atoms with Crippen LogP contribution in [-0.2, 0) is 0 Å². The van der Waals surface area contributed by atoms with Gasteiger partial charge >= 0.3 is 0 Å². The zero-order valence-electron chi connectivity index (χ0n) is 12.7. The van der Waals surface area contributed by atoms with E-state index in [1.807, 2.05) is 54.6 Å². The van der Waals surface area contributed by atoms with Gasteiger partial charge in [-0.2, -0.15) is 0 Å². The number of nitrogens with zero attached hydrogens (tertiary/aromatic N) is 1. The monoisotopic (exact) mass is 292 g/mol. The first-order chi connectivity index (χ1) is 10.8. The van der Waals surface area contributed by atoms with Crippen LogP contribution in [-0.4, -0.2) is 22.3 Å². The van der Waals surface area contributed by atoms with Crippen LogP contribution in [0.25, 0.3) is 10.9 Å². The highest BCUT2D eigenvalue weighted by Crippen LogP contribution is 2.29. The van der Waals surface area contributed by atoms with Gasteiger partial charge in [-0.05, 0) is 12.5 Å². The van der Waals surface area contributed by atoms with Crippen LogP contribution >= 0.6 is 0 Å². The van der Waals surface area contributed by atoms with Gasteiger partial charge in [0.15, 0.2) is 5.88 Å². The number of benzene rings is 2. The topological polar surface area (TPSA) is 48.4 Å². The van der Waals surface area contributed by atoms with Crippen LogP contribution in [0.1, 0.15) is 30.9 Å². The van der Waals surface area contributed by atoms with E-state index in [1.54, 1.807) is 0 Å². The lowest BCUT2D eigenvalue weighted by molar-refractivity contribution is 0.457. The highest BCUT2D eigenvalue weighted by molar-refractivity contribution is 6.21. The zero-order chi connectivity index (χ0) is 15.4. The van der Waals surface area contributed by atoms with E-state index < -0.39 is 0 Å². The van der Waals surface area contributed by atoms with Gasteiger partial charge < -0.3 is 10.1 Å². The summed E-state index contributed by atoms with van der Waals surface area (Å²) in [6, 6.07) is 18.0. The summed E-state index contributed by atoms with van der Waals surface area (Å²) in [5.74, 6) is 0.181. The number of hydrogen-bond donors (Lipinski definition) is 2. The Kier molecular flexibility index (Phi) is 4.24. The van der Waals surface area contributed by atoms with Crippen LogP contribution in [0.2, 0.25) is 0 Å². The maximum atomic E-state index is 10.4. The molecule has 1 heterocycles. The molecule has 1 aromatic heterocycles. The smallest absolute Gasteiger partial charge is 0.199 e. The number of fused-ring (bicyclic) bond motifs is 1. The Hall–Kier alpha value is -2.55. The molecule has 2 N–H and O–H groups in total. The summed E-state index contributed by atoms with van der Waals surface area (Å²) in [4.78, 5) is 7.82. The van der Waals surface area contributed by atoms with Crippen molar-refractivity contribution in [2.45, 2.75) is 19.8 Å². The summed E-state index contributed by atoms with van der Waals surface area (Å²) in [5, 5.41) is 11.4. The average Bonchev–Trinajstić information content (AvgIpc) is 2.88. The molecule has 3 aromatic rings. The second-order valence-electron chi connectivity index (χ2n) is 5.34. The Morgan fingerprint density at radius 2 is 1.77 bits per heavy atom. The summed E-state index contributed by atoms with van der Waals surface area (Å²) in [5.41, 5.74) is 3.59. The maximum Gasteiger partial charge on any atom is 0.199 e. The number of aromatic amines is 1. The predicted octanol–water partition coefficient (Wildman–Crippen LogP) is 4.51. The Morgan fingerprint density at radius 3 is 2.55 bits per heavy atom. The van der Waals surface area contributed by atoms with Crippen molar-refractivity contribution in [1.29, 1.82) is 0 Å². The van der Waals surface area contributed by atoms with Gasteiger partial charge in [0, 0.05) is 23.0 Å². The Labute approximate surface area is 130 Å². The number of aromatic nitrogens is 1. The lowest BCUT2D eigenvalue weighted by atomic mass is 10.0. The summed E-state index contributed by atoms with van der Waals surface area (Å²) in [7, 11) is 0. The van der Waals surface area contributed by atoms with E-state index in [2.05, 4.69) is 11.9 Å². The maximum absolute atomic E-state index is 10.4. The number of nitrogens with one attached hydrogen (secondary N) is 1. The molecule has 3 rings (SSSR count). The van der Waals surface area contributed by atoms with Gasteiger partial charge in [0.05, 0.1) is 11.3 Å². The highest BCUT2D eigenvalue weighted by Gasteiger charge is 2.17. The molecule has 0 aliphatic carbocycles. The first-order valence-corrected chi connectivity index (χ1v) is 7.71. The third kappa shape index (κ3) is 2.75. The molecule has 0 aliphatic rings. The number of hydrogen-bond acceptors (Lipinski definition) is 2. The molecular formula is C19H20N2O. The molecular weight excluding hydrogens is 272 g/mol. The molecule has 112 valence electrons. The number of unbranched alkanes of at least 4 members (excludes halogenated alkanes) is 1. The standard InChI is InChI=1S/C19H20N2O/c1-2-3-13-20-18(14-9-5-4-6-10-14)17-15-11-7-8-12-16(15)21-19(17)22/h4-12,21-22H,2-3,13H2,1H3. The lowest BCUT2D eigenvalue weighted by Crippen LogP contribution is -2.04. The van der Waals surface area contributed by atoms with Crippen LogP contribution in [0.3, 0.4) is 0 Å². The molecule has 3 nitrogen and oxygen atoms in total. The molecule has 0 saturated carbocycles. The summed E-state index contributed by atoms with van der Waals surface area (Å²) >= 11 is 0. The molecule has 0 aliphatic heterocycles. The van der Waals surface area contributed by atoms with Crippen LogP contribution < -0.4 is 0 Å². The molecule has 0 spiro atoms.